The van der Waals surface area contributed by atoms with Crippen molar-refractivity contribution in [2.45, 2.75) is 18.9 Å². The van der Waals surface area contributed by atoms with Crippen molar-refractivity contribution < 1.29 is 23.2 Å². The normalized spacial score (nSPS) is 12.2. The number of nitrogens with two attached hydrogens (primary N) is 1. The second kappa shape index (κ2) is 7.48. The van der Waals surface area contributed by atoms with Gasteiger partial charge < -0.3 is 10.5 Å². The highest BCUT2D eigenvalue weighted by molar-refractivity contribution is 6.32. The Morgan fingerprint density at radius 2 is 2.14 bits per heavy atom. The molecule has 0 amide bonds. The van der Waals surface area contributed by atoms with E-state index in [1.807, 2.05) is 0 Å². The third-order valence-electron chi connectivity index (χ3n) is 2.46. The first-order chi connectivity index (χ1) is 9.21. The Morgan fingerprint density at radius 3 is 2.62 bits per heavy atom. The molecule has 1 aromatic rings. The molecule has 0 aliphatic rings. The second-order valence-electron chi connectivity index (χ2n) is 3.79. The third-order valence-corrected chi connectivity index (χ3v) is 2.78. The lowest BCUT2D eigenvalue weighted by Gasteiger charge is -2.21. The number of esters is 1. The lowest BCUT2D eigenvalue weighted by Crippen LogP contribution is -2.41. The van der Waals surface area contributed by atoms with Crippen molar-refractivity contribution in [1.29, 1.82) is 0 Å². The Hall–Kier alpha value is -1.51. The number of halogens is 4. The van der Waals surface area contributed by atoms with Gasteiger partial charge in [0.25, 0.3) is 5.69 Å². The third kappa shape index (κ3) is 4.23. The molecular formula is C11H12Cl2F2N2O4. The van der Waals surface area contributed by atoms with Gasteiger partial charge in [-0.1, -0.05) is 17.7 Å². The number of nitrogens with zero attached hydrogens (tertiary/aromatic N) is 1. The fourth-order valence-electron chi connectivity index (χ4n) is 1.43. The molecule has 1 atom stereocenters. The highest BCUT2D eigenvalue weighted by Crippen LogP contribution is 2.34. The molecule has 2 N–H and O–H groups in total. The van der Waals surface area contributed by atoms with Crippen molar-refractivity contribution in [3.05, 3.63) is 38.9 Å². The topological polar surface area (TPSA) is 95.5 Å². The summed E-state index contributed by atoms with van der Waals surface area (Å²) in [6.45, 7) is 1.13. The first kappa shape index (κ1) is 19.5. The molecular weight excluding hydrogens is 333 g/mol. The molecule has 1 rings (SSSR count). The molecule has 0 saturated carbocycles. The van der Waals surface area contributed by atoms with Crippen molar-refractivity contribution >= 4 is 35.7 Å². The van der Waals surface area contributed by atoms with Crippen LogP contribution in [0.5, 0.6) is 0 Å². The zero-order chi connectivity index (χ0) is 15.5. The summed E-state index contributed by atoms with van der Waals surface area (Å²) in [6.07, 6.45) is 0. The second-order valence-corrected chi connectivity index (χ2v) is 4.20. The average Bonchev–Trinajstić information content (AvgIpc) is 2.38. The van der Waals surface area contributed by atoms with Gasteiger partial charge in [0.05, 0.1) is 11.5 Å². The summed E-state index contributed by atoms with van der Waals surface area (Å²) >= 11 is 5.56. The van der Waals surface area contributed by atoms with E-state index >= 15 is 0 Å². The molecule has 0 aliphatic heterocycles. The summed E-state index contributed by atoms with van der Waals surface area (Å²) in [4.78, 5) is 21.0. The summed E-state index contributed by atoms with van der Waals surface area (Å²) in [6, 6.07) is 0.890. The predicted molar refractivity (Wildman–Crippen MR) is 73.9 cm³/mol. The van der Waals surface area contributed by atoms with Crippen molar-refractivity contribution in [2.24, 2.45) is 5.73 Å². The maximum absolute atomic E-state index is 13.7. The minimum atomic E-state index is -4.00. The lowest BCUT2D eigenvalue weighted by atomic mass is 10.0. The monoisotopic (exact) mass is 344 g/mol. The summed E-state index contributed by atoms with van der Waals surface area (Å²) in [5, 5.41) is 10.5. The molecule has 21 heavy (non-hydrogen) atoms. The molecule has 0 heterocycles. The number of benzene rings is 1. The van der Waals surface area contributed by atoms with Crippen LogP contribution in [0, 0.1) is 10.1 Å². The number of carbonyl (C=O) groups excluding carboxylic acids is 1. The molecule has 0 saturated heterocycles. The van der Waals surface area contributed by atoms with Gasteiger partial charge >= 0.3 is 11.9 Å². The van der Waals surface area contributed by atoms with Gasteiger partial charge in [-0.3, -0.25) is 10.1 Å². The van der Waals surface area contributed by atoms with Gasteiger partial charge in [-0.05, 0) is 18.6 Å². The van der Waals surface area contributed by atoms with Crippen LogP contribution in [-0.4, -0.2) is 23.4 Å². The first-order valence-corrected chi connectivity index (χ1v) is 5.84. The number of rotatable bonds is 5. The highest BCUT2D eigenvalue weighted by atomic mass is 35.5. The van der Waals surface area contributed by atoms with Crippen LogP contribution in [-0.2, 0) is 9.53 Å². The Labute approximate surface area is 129 Å². The predicted octanol–water partition coefficient (Wildman–Crippen LogP) is 2.87. The van der Waals surface area contributed by atoms with Crippen LogP contribution >= 0.6 is 24.0 Å². The van der Waals surface area contributed by atoms with E-state index in [1.165, 1.54) is 6.92 Å². The maximum Gasteiger partial charge on any atom is 0.379 e. The van der Waals surface area contributed by atoms with E-state index < -0.39 is 28.5 Å². The number of hydrogen-bond donors (Lipinski definition) is 1. The van der Waals surface area contributed by atoms with Crippen LogP contribution < -0.4 is 5.73 Å². The number of nitro benzene ring substituents is 1. The molecule has 0 aliphatic carbocycles. The van der Waals surface area contributed by atoms with Crippen LogP contribution in [0.3, 0.4) is 0 Å². The Balaban J connectivity index is 0.00000400. The van der Waals surface area contributed by atoms with Gasteiger partial charge in [-0.2, -0.15) is 8.78 Å². The maximum atomic E-state index is 13.7. The van der Waals surface area contributed by atoms with Crippen LogP contribution in [0.25, 0.3) is 0 Å². The molecule has 0 unspecified atom stereocenters. The summed E-state index contributed by atoms with van der Waals surface area (Å²) in [7, 11) is 0. The molecule has 0 spiro atoms. The smallest absolute Gasteiger partial charge is 0.379 e. The van der Waals surface area contributed by atoms with E-state index in [0.29, 0.717) is 0 Å². The van der Waals surface area contributed by atoms with Crippen LogP contribution in [0.15, 0.2) is 18.2 Å². The number of alkyl halides is 2. The largest absolute Gasteiger partial charge is 0.462 e. The van der Waals surface area contributed by atoms with Crippen molar-refractivity contribution in [3.8, 4) is 0 Å². The van der Waals surface area contributed by atoms with Crippen LogP contribution in [0.1, 0.15) is 18.5 Å². The van der Waals surface area contributed by atoms with E-state index in [4.69, 9.17) is 17.3 Å². The zero-order valence-corrected chi connectivity index (χ0v) is 12.3. The zero-order valence-electron chi connectivity index (χ0n) is 10.7. The molecule has 1 aromatic carbocycles. The van der Waals surface area contributed by atoms with Crippen molar-refractivity contribution in [2.75, 3.05) is 6.61 Å². The Bertz CT molecular complexity index is 543. The minimum absolute atomic E-state index is 0. The summed E-state index contributed by atoms with van der Waals surface area (Å²) < 4.78 is 31.7. The van der Waals surface area contributed by atoms with Gasteiger partial charge in [0.1, 0.15) is 11.1 Å². The van der Waals surface area contributed by atoms with Crippen molar-refractivity contribution in [3.63, 3.8) is 0 Å². The first-order valence-electron chi connectivity index (χ1n) is 5.46. The molecule has 6 nitrogen and oxygen atoms in total. The summed E-state index contributed by atoms with van der Waals surface area (Å²) in [5.74, 6) is -5.79. The SMILES string of the molecule is CCOC(=O)C(F)(F)[C@@H](N)c1ccc(Cl)c([N+](=O)[O-])c1.Cl. The Morgan fingerprint density at radius 1 is 1.57 bits per heavy atom. The lowest BCUT2D eigenvalue weighted by molar-refractivity contribution is -0.384. The van der Waals surface area contributed by atoms with Crippen molar-refractivity contribution in [1.82, 2.24) is 0 Å². The minimum Gasteiger partial charge on any atom is -0.462 e. The van der Waals surface area contributed by atoms with E-state index in [0.717, 1.165) is 18.2 Å². The Kier molecular flexibility index (Phi) is 6.95. The molecule has 0 aromatic heterocycles. The molecule has 0 bridgehead atoms. The van der Waals surface area contributed by atoms with Gasteiger partial charge in [-0.25, -0.2) is 4.79 Å². The fourth-order valence-corrected chi connectivity index (χ4v) is 1.61. The van der Waals surface area contributed by atoms with Gasteiger partial charge in [0.2, 0.25) is 0 Å². The number of ether oxygens (including phenoxy) is 1. The number of carbonyl (C=O) groups is 1. The average molecular weight is 345 g/mol. The quantitative estimate of drug-likeness (QED) is 0.503. The number of hydrogen-bond acceptors (Lipinski definition) is 5. The van der Waals surface area contributed by atoms with E-state index in [-0.39, 0.29) is 29.6 Å². The van der Waals surface area contributed by atoms with Crippen LogP contribution in [0.4, 0.5) is 14.5 Å². The standard InChI is InChI=1S/C11H11ClF2N2O4.ClH/c1-2-20-10(17)11(13,14)9(15)6-3-4-7(12)8(5-6)16(18)19;/h3-5,9H,2,15H2,1H3;1H/t9-;/m0./s1. The van der Waals surface area contributed by atoms with Crippen LogP contribution in [0.2, 0.25) is 5.02 Å². The van der Waals surface area contributed by atoms with Gasteiger partial charge in [0.15, 0.2) is 0 Å². The molecule has 118 valence electrons. The van der Waals surface area contributed by atoms with E-state index in [1.54, 1.807) is 0 Å². The van der Waals surface area contributed by atoms with Gasteiger partial charge in [-0.15, -0.1) is 12.4 Å². The number of nitro groups is 1. The highest BCUT2D eigenvalue weighted by Gasteiger charge is 2.48. The fraction of sp³-hybridized carbons (Fsp3) is 0.364. The van der Waals surface area contributed by atoms with E-state index in [2.05, 4.69) is 4.74 Å². The summed E-state index contributed by atoms with van der Waals surface area (Å²) in [5.41, 5.74) is 4.44. The molecule has 0 fully saturated rings. The van der Waals surface area contributed by atoms with E-state index in [9.17, 15) is 23.7 Å². The van der Waals surface area contributed by atoms with Gasteiger partial charge in [0, 0.05) is 6.07 Å². The molecule has 0 radical (unpaired) electrons. The molecule has 10 heteroatoms.